The zero-order chi connectivity index (χ0) is 9.68. The maximum Gasteiger partial charge on any atom is 0.269 e. The lowest BCUT2D eigenvalue weighted by molar-refractivity contribution is 0.0943. The van der Waals surface area contributed by atoms with E-state index in [-0.39, 0.29) is 7.33 Å². The molecule has 0 radical (unpaired) electrons. The number of aromatic nitrogens is 2. The highest BCUT2D eigenvalue weighted by Crippen LogP contribution is 1.97. The molecule has 0 spiro atoms. The molecule has 0 bridgehead atoms. The summed E-state index contributed by atoms with van der Waals surface area (Å²) in [6.45, 7) is 5.43. The third-order valence-electron chi connectivity index (χ3n) is 1.78. The lowest BCUT2D eigenvalue weighted by atomic mass is 10.4. The van der Waals surface area contributed by atoms with Crippen molar-refractivity contribution < 1.29 is 6.22 Å². The molecule has 0 saturated carbocycles. The van der Waals surface area contributed by atoms with Crippen LogP contribution >= 0.6 is 0 Å². The van der Waals surface area contributed by atoms with Gasteiger partial charge >= 0.3 is 0 Å². The van der Waals surface area contributed by atoms with Gasteiger partial charge in [-0.3, -0.25) is 9.48 Å². The van der Waals surface area contributed by atoms with Crippen molar-refractivity contribution >= 4 is 5.91 Å². The minimum Gasteiger partial charge on any atom is -0.351 e. The van der Waals surface area contributed by atoms with Crippen molar-refractivity contribution in [1.82, 2.24) is 15.1 Å². The molecule has 1 amide bonds. The van der Waals surface area contributed by atoms with E-state index in [0.29, 0.717) is 12.2 Å². The number of amides is 1. The summed E-state index contributed by atoms with van der Waals surface area (Å²) < 4.78 is 1.69. The van der Waals surface area contributed by atoms with E-state index in [0.717, 1.165) is 13.0 Å². The van der Waals surface area contributed by atoms with Crippen molar-refractivity contribution in [3.8, 4) is 0 Å². The number of nitrogens with zero attached hydrogens (tertiary/aromatic N) is 2. The first-order chi connectivity index (χ1) is 6.29. The van der Waals surface area contributed by atoms with Crippen LogP contribution in [0.5, 0.6) is 0 Å². The minimum absolute atomic E-state index is 0. The molecule has 0 unspecified atom stereocenters. The first-order valence-corrected chi connectivity index (χ1v) is 4.59. The molecule has 0 aliphatic heterocycles. The maximum absolute atomic E-state index is 11.5. The second-order valence-electron chi connectivity index (χ2n) is 2.79. The first-order valence-electron chi connectivity index (χ1n) is 4.59. The molecule has 4 nitrogen and oxygen atoms in total. The summed E-state index contributed by atoms with van der Waals surface area (Å²) in [6.07, 6.45) is 2.59. The molecule has 0 atom stereocenters. The van der Waals surface area contributed by atoms with Gasteiger partial charge in [0.2, 0.25) is 0 Å². The number of carbonyl (C=O) groups excluding carboxylic acids is 1. The van der Waals surface area contributed by atoms with E-state index < -0.39 is 0 Å². The van der Waals surface area contributed by atoms with Crippen molar-refractivity contribution in [2.45, 2.75) is 26.8 Å². The van der Waals surface area contributed by atoms with E-state index in [2.05, 4.69) is 10.4 Å². The summed E-state index contributed by atoms with van der Waals surface area (Å²) >= 11 is 0. The van der Waals surface area contributed by atoms with Crippen LogP contribution in [0, 0.1) is 0 Å². The zero-order valence-corrected chi connectivity index (χ0v) is 8.08. The number of rotatable bonds is 4. The lowest BCUT2D eigenvalue weighted by Crippen LogP contribution is -2.26. The summed E-state index contributed by atoms with van der Waals surface area (Å²) in [5.74, 6) is -0.0406. The van der Waals surface area contributed by atoms with Gasteiger partial charge in [0.05, 0.1) is 0 Å². The van der Waals surface area contributed by atoms with E-state index in [9.17, 15) is 4.79 Å². The van der Waals surface area contributed by atoms with Crippen molar-refractivity contribution in [1.29, 1.82) is 0 Å². The van der Waals surface area contributed by atoms with Crippen molar-refractivity contribution in [2.75, 3.05) is 6.54 Å². The molecule has 0 saturated heterocycles. The first kappa shape index (κ1) is 9.77. The molecule has 0 aromatic carbocycles. The van der Waals surface area contributed by atoms with Crippen LogP contribution in [-0.4, -0.2) is 22.2 Å². The summed E-state index contributed by atoms with van der Waals surface area (Å²) in [4.78, 5) is 11.5. The molecular formula is C9H17N3O. The van der Waals surface area contributed by atoms with Crippen molar-refractivity contribution in [3.63, 3.8) is 0 Å². The monoisotopic (exact) mass is 183 g/mol. The highest BCUT2D eigenvalue weighted by Gasteiger charge is 2.08. The molecule has 1 rings (SSSR count). The smallest absolute Gasteiger partial charge is 0.269 e. The third kappa shape index (κ3) is 2.31. The predicted molar refractivity (Wildman–Crippen MR) is 52.6 cm³/mol. The Bertz CT molecular complexity index is 285. The molecule has 1 N–H and O–H groups in total. The van der Waals surface area contributed by atoms with E-state index in [1.807, 2.05) is 13.8 Å². The molecule has 1 aromatic rings. The fourth-order valence-corrected chi connectivity index (χ4v) is 1.11. The third-order valence-corrected chi connectivity index (χ3v) is 1.78. The zero-order valence-electron chi connectivity index (χ0n) is 8.08. The fraction of sp³-hybridized carbons (Fsp3) is 0.556. The number of carbonyl (C=O) groups is 1. The standard InChI is InChI=1S/C9H15N3O.H2/c1-3-6-10-9(13)8-5-7-11-12(8)4-2;/h5,7H,3-4,6H2,1-2H3,(H,10,13);1H. The number of nitrogens with one attached hydrogen (secondary N) is 1. The molecule has 0 fully saturated rings. The highest BCUT2D eigenvalue weighted by atomic mass is 16.2. The van der Waals surface area contributed by atoms with Crippen LogP contribution < -0.4 is 5.32 Å². The minimum atomic E-state index is -0.0406. The van der Waals surface area contributed by atoms with Crippen LogP contribution in [0.25, 0.3) is 0 Å². The van der Waals surface area contributed by atoms with Gasteiger partial charge in [0.25, 0.3) is 5.91 Å². The van der Waals surface area contributed by atoms with E-state index in [1.165, 1.54) is 0 Å². The molecule has 1 aromatic heterocycles. The number of aryl methyl sites for hydroxylation is 1. The van der Waals surface area contributed by atoms with E-state index in [1.54, 1.807) is 16.9 Å². The van der Waals surface area contributed by atoms with Gasteiger partial charge in [-0.1, -0.05) is 6.92 Å². The maximum atomic E-state index is 11.5. The van der Waals surface area contributed by atoms with Crippen LogP contribution in [0.15, 0.2) is 12.3 Å². The Kier molecular flexibility index (Phi) is 3.49. The molecule has 0 aliphatic rings. The normalized spacial score (nSPS) is 10.0. The number of hydrogen-bond acceptors (Lipinski definition) is 2. The quantitative estimate of drug-likeness (QED) is 0.764. The van der Waals surface area contributed by atoms with Gasteiger partial charge in [-0.05, 0) is 19.4 Å². The fourth-order valence-electron chi connectivity index (χ4n) is 1.11. The van der Waals surface area contributed by atoms with Gasteiger partial charge in [-0.2, -0.15) is 5.10 Å². The Morgan fingerprint density at radius 1 is 1.69 bits per heavy atom. The summed E-state index contributed by atoms with van der Waals surface area (Å²) in [7, 11) is 0. The van der Waals surface area contributed by atoms with Crippen LogP contribution in [0.3, 0.4) is 0 Å². The van der Waals surface area contributed by atoms with Gasteiger partial charge in [-0.15, -0.1) is 0 Å². The predicted octanol–water partition coefficient (Wildman–Crippen LogP) is 1.29. The Balaban J connectivity index is 0.00000169. The van der Waals surface area contributed by atoms with Crippen LogP contribution in [0.1, 0.15) is 32.2 Å². The van der Waals surface area contributed by atoms with Crippen LogP contribution in [-0.2, 0) is 6.54 Å². The van der Waals surface area contributed by atoms with Crippen LogP contribution in [0.4, 0.5) is 0 Å². The second-order valence-corrected chi connectivity index (χ2v) is 2.79. The van der Waals surface area contributed by atoms with Gasteiger partial charge in [-0.25, -0.2) is 0 Å². The Labute approximate surface area is 79.4 Å². The highest BCUT2D eigenvalue weighted by molar-refractivity contribution is 5.92. The average molecular weight is 183 g/mol. The molecule has 74 valence electrons. The SMILES string of the molecule is CCCNC(=O)c1ccnn1CC.[HH]. The summed E-state index contributed by atoms with van der Waals surface area (Å²) in [5, 5.41) is 6.83. The Morgan fingerprint density at radius 2 is 2.46 bits per heavy atom. The molecule has 0 aliphatic carbocycles. The largest absolute Gasteiger partial charge is 0.351 e. The topological polar surface area (TPSA) is 46.9 Å². The molecule has 1 heterocycles. The van der Waals surface area contributed by atoms with Crippen molar-refractivity contribution in [2.24, 2.45) is 0 Å². The molecule has 13 heavy (non-hydrogen) atoms. The number of hydrogen-bond donors (Lipinski definition) is 1. The lowest BCUT2D eigenvalue weighted by Gasteiger charge is -2.04. The van der Waals surface area contributed by atoms with E-state index in [4.69, 9.17) is 0 Å². The second kappa shape index (κ2) is 4.64. The van der Waals surface area contributed by atoms with Gasteiger partial charge in [0, 0.05) is 20.7 Å². The summed E-state index contributed by atoms with van der Waals surface area (Å²) in [6, 6.07) is 1.73. The Hall–Kier alpha value is -1.32. The van der Waals surface area contributed by atoms with Gasteiger partial charge < -0.3 is 5.32 Å². The summed E-state index contributed by atoms with van der Waals surface area (Å²) in [5.41, 5.74) is 0.635. The average Bonchev–Trinajstić information content (AvgIpc) is 2.61. The van der Waals surface area contributed by atoms with Crippen molar-refractivity contribution in [3.05, 3.63) is 18.0 Å². The van der Waals surface area contributed by atoms with E-state index >= 15 is 0 Å². The molecule has 4 heteroatoms. The molecular weight excluding hydrogens is 166 g/mol. The van der Waals surface area contributed by atoms with Crippen LogP contribution in [0.2, 0.25) is 0 Å². The Morgan fingerprint density at radius 3 is 3.08 bits per heavy atom. The van der Waals surface area contributed by atoms with Gasteiger partial charge in [0.15, 0.2) is 0 Å². The van der Waals surface area contributed by atoms with Gasteiger partial charge in [0.1, 0.15) is 5.69 Å².